The van der Waals surface area contributed by atoms with Gasteiger partial charge in [0.15, 0.2) is 0 Å². The highest BCUT2D eigenvalue weighted by Crippen LogP contribution is 2.22. The molecule has 1 amide bonds. The standard InChI is InChI=1S/C30H38N2O4/c1-22-8-13-25-20-26(28(33)36-27(25)19-22)21-30(35,29(31)34)15-14-24-11-9-23(10-12-24)7-3-6-18-32-16-4-2-5-17-32/h8-13,19-20,35H,2-7,14-18,21H2,1H3,(H2,31,34). The van der Waals surface area contributed by atoms with Crippen molar-refractivity contribution >= 4 is 16.9 Å². The molecule has 6 heteroatoms. The Balaban J connectivity index is 1.32. The average Bonchev–Trinajstić information content (AvgIpc) is 2.87. The predicted molar refractivity (Wildman–Crippen MR) is 143 cm³/mol. The number of benzene rings is 2. The van der Waals surface area contributed by atoms with Crippen molar-refractivity contribution in [2.75, 3.05) is 19.6 Å². The summed E-state index contributed by atoms with van der Waals surface area (Å²) in [4.78, 5) is 27.3. The van der Waals surface area contributed by atoms with Crippen molar-refractivity contribution in [1.29, 1.82) is 0 Å². The summed E-state index contributed by atoms with van der Waals surface area (Å²) in [6, 6.07) is 15.6. The molecule has 1 fully saturated rings. The molecule has 1 aliphatic heterocycles. The Morgan fingerprint density at radius 2 is 1.69 bits per heavy atom. The van der Waals surface area contributed by atoms with Gasteiger partial charge in [-0.2, -0.15) is 0 Å². The number of primary amides is 1. The summed E-state index contributed by atoms with van der Waals surface area (Å²) in [5, 5.41) is 11.8. The summed E-state index contributed by atoms with van der Waals surface area (Å²) in [5.74, 6) is -0.837. The van der Waals surface area contributed by atoms with Crippen molar-refractivity contribution in [3.63, 3.8) is 0 Å². The van der Waals surface area contributed by atoms with Crippen LogP contribution in [0.25, 0.3) is 11.0 Å². The number of amides is 1. The Kier molecular flexibility index (Phi) is 8.60. The SMILES string of the molecule is Cc1ccc2cc(CC(O)(CCc3ccc(CCCCN4CCCCC4)cc3)C(N)=O)c(=O)oc2c1. The van der Waals surface area contributed by atoms with E-state index in [0.717, 1.165) is 22.9 Å². The van der Waals surface area contributed by atoms with Gasteiger partial charge in [0, 0.05) is 17.4 Å². The van der Waals surface area contributed by atoms with Crippen LogP contribution in [0.15, 0.2) is 57.7 Å². The van der Waals surface area contributed by atoms with Crippen LogP contribution in [0.2, 0.25) is 0 Å². The van der Waals surface area contributed by atoms with E-state index in [0.29, 0.717) is 12.0 Å². The Labute approximate surface area is 213 Å². The summed E-state index contributed by atoms with van der Waals surface area (Å²) in [7, 11) is 0. The van der Waals surface area contributed by atoms with Crippen molar-refractivity contribution < 1.29 is 14.3 Å². The normalized spacial score (nSPS) is 16.2. The number of nitrogens with two attached hydrogens (primary N) is 1. The van der Waals surface area contributed by atoms with Gasteiger partial charge in [0.2, 0.25) is 5.91 Å². The van der Waals surface area contributed by atoms with Crippen LogP contribution < -0.4 is 11.4 Å². The molecule has 2 heterocycles. The smallest absolute Gasteiger partial charge is 0.339 e. The lowest BCUT2D eigenvalue weighted by Crippen LogP contribution is -2.47. The van der Waals surface area contributed by atoms with E-state index in [2.05, 4.69) is 17.0 Å². The van der Waals surface area contributed by atoms with Crippen molar-refractivity contribution in [3.8, 4) is 0 Å². The highest BCUT2D eigenvalue weighted by molar-refractivity contribution is 5.84. The molecule has 192 valence electrons. The maximum absolute atomic E-state index is 12.5. The predicted octanol–water partition coefficient (Wildman–Crippen LogP) is 4.30. The summed E-state index contributed by atoms with van der Waals surface area (Å²) in [5.41, 5.74) is 7.22. The molecule has 3 N–H and O–H groups in total. The first-order chi connectivity index (χ1) is 17.3. The molecule has 0 radical (unpaired) electrons. The molecule has 36 heavy (non-hydrogen) atoms. The lowest BCUT2D eigenvalue weighted by molar-refractivity contribution is -0.136. The molecule has 4 rings (SSSR count). The van der Waals surface area contributed by atoms with E-state index in [4.69, 9.17) is 10.2 Å². The van der Waals surface area contributed by atoms with Gasteiger partial charge in [0.1, 0.15) is 11.2 Å². The number of hydrogen-bond acceptors (Lipinski definition) is 5. The number of piperidine rings is 1. The number of likely N-dealkylation sites (tertiary alicyclic amines) is 1. The highest BCUT2D eigenvalue weighted by Gasteiger charge is 2.35. The number of rotatable bonds is 11. The Hall–Kier alpha value is -2.96. The van der Waals surface area contributed by atoms with Gasteiger partial charge in [-0.15, -0.1) is 0 Å². The average molecular weight is 491 g/mol. The summed E-state index contributed by atoms with van der Waals surface area (Å²) < 4.78 is 5.43. The second-order valence-corrected chi connectivity index (χ2v) is 10.3. The zero-order valence-electron chi connectivity index (χ0n) is 21.3. The van der Waals surface area contributed by atoms with E-state index < -0.39 is 17.1 Å². The number of nitrogens with zero attached hydrogens (tertiary/aromatic N) is 1. The van der Waals surface area contributed by atoms with Crippen molar-refractivity contribution in [2.45, 2.75) is 70.3 Å². The number of unbranched alkanes of at least 4 members (excludes halogenated alkanes) is 1. The third kappa shape index (κ3) is 6.83. The molecule has 1 saturated heterocycles. The number of aliphatic hydroxyl groups is 1. The Bertz CT molecular complexity index is 1230. The van der Waals surface area contributed by atoms with Crippen LogP contribution in [0.3, 0.4) is 0 Å². The molecular weight excluding hydrogens is 452 g/mol. The fourth-order valence-electron chi connectivity index (χ4n) is 5.07. The topological polar surface area (TPSA) is 96.8 Å². The lowest BCUT2D eigenvalue weighted by atomic mass is 9.88. The van der Waals surface area contributed by atoms with Gasteiger partial charge >= 0.3 is 5.63 Å². The molecule has 0 bridgehead atoms. The first-order valence-corrected chi connectivity index (χ1v) is 13.2. The number of carbonyl (C=O) groups is 1. The molecule has 1 aromatic heterocycles. The van der Waals surface area contributed by atoms with Crippen LogP contribution in [0.5, 0.6) is 0 Å². The summed E-state index contributed by atoms with van der Waals surface area (Å²) in [6.45, 7) is 5.61. The zero-order chi connectivity index (χ0) is 25.5. The minimum atomic E-state index is -1.83. The van der Waals surface area contributed by atoms with E-state index >= 15 is 0 Å². The Morgan fingerprint density at radius 3 is 2.39 bits per heavy atom. The maximum Gasteiger partial charge on any atom is 0.339 e. The van der Waals surface area contributed by atoms with Crippen molar-refractivity contribution in [3.05, 3.63) is 81.2 Å². The number of aryl methyl sites for hydroxylation is 3. The quantitative estimate of drug-likeness (QED) is 0.309. The fourth-order valence-corrected chi connectivity index (χ4v) is 5.07. The van der Waals surface area contributed by atoms with Crippen LogP contribution in [0.1, 0.15) is 60.8 Å². The van der Waals surface area contributed by atoms with Gasteiger partial charge in [-0.1, -0.05) is 42.8 Å². The van der Waals surface area contributed by atoms with E-state index in [1.807, 2.05) is 31.2 Å². The third-order valence-electron chi connectivity index (χ3n) is 7.39. The van der Waals surface area contributed by atoms with E-state index in [-0.39, 0.29) is 18.4 Å². The first-order valence-electron chi connectivity index (χ1n) is 13.2. The zero-order valence-corrected chi connectivity index (χ0v) is 21.3. The molecule has 1 unspecified atom stereocenters. The Morgan fingerprint density at radius 1 is 1.00 bits per heavy atom. The molecule has 0 spiro atoms. The maximum atomic E-state index is 12.5. The molecule has 0 saturated carbocycles. The van der Waals surface area contributed by atoms with Gasteiger partial charge in [0.05, 0.1) is 0 Å². The van der Waals surface area contributed by atoms with Gasteiger partial charge in [-0.3, -0.25) is 4.79 Å². The molecule has 1 atom stereocenters. The second-order valence-electron chi connectivity index (χ2n) is 10.3. The summed E-state index contributed by atoms with van der Waals surface area (Å²) >= 11 is 0. The minimum absolute atomic E-state index is 0.128. The fraction of sp³-hybridized carbons (Fsp3) is 0.467. The molecule has 3 aromatic rings. The van der Waals surface area contributed by atoms with Crippen molar-refractivity contribution in [1.82, 2.24) is 4.90 Å². The molecule has 0 aliphatic carbocycles. The van der Waals surface area contributed by atoms with Crippen molar-refractivity contribution in [2.24, 2.45) is 5.73 Å². The number of hydrogen-bond donors (Lipinski definition) is 2. The van der Waals surface area contributed by atoms with E-state index in [1.54, 1.807) is 12.1 Å². The van der Waals surface area contributed by atoms with Crippen LogP contribution in [-0.4, -0.2) is 41.1 Å². The number of fused-ring (bicyclic) bond motifs is 1. The highest BCUT2D eigenvalue weighted by atomic mass is 16.4. The van der Waals surface area contributed by atoms with Crippen LogP contribution in [-0.2, 0) is 24.1 Å². The van der Waals surface area contributed by atoms with Gasteiger partial charge < -0.3 is 20.2 Å². The van der Waals surface area contributed by atoms with Gasteiger partial charge in [-0.05, 0) is 100 Å². The number of carbonyl (C=O) groups excluding carboxylic acids is 1. The molecule has 6 nitrogen and oxygen atoms in total. The van der Waals surface area contributed by atoms with Crippen LogP contribution >= 0.6 is 0 Å². The second kappa shape index (κ2) is 11.8. The minimum Gasteiger partial charge on any atom is -0.423 e. The van der Waals surface area contributed by atoms with Crippen LogP contribution in [0.4, 0.5) is 0 Å². The monoisotopic (exact) mass is 490 g/mol. The lowest BCUT2D eigenvalue weighted by Gasteiger charge is -2.26. The largest absolute Gasteiger partial charge is 0.423 e. The first kappa shape index (κ1) is 26.1. The van der Waals surface area contributed by atoms with E-state index in [9.17, 15) is 14.7 Å². The molecule has 2 aromatic carbocycles. The molecule has 1 aliphatic rings. The third-order valence-corrected chi connectivity index (χ3v) is 7.39. The summed E-state index contributed by atoms with van der Waals surface area (Å²) in [6.07, 6.45) is 7.92. The van der Waals surface area contributed by atoms with Gasteiger partial charge in [0.25, 0.3) is 0 Å². The van der Waals surface area contributed by atoms with Crippen LogP contribution in [0, 0.1) is 6.92 Å². The van der Waals surface area contributed by atoms with E-state index in [1.165, 1.54) is 57.3 Å². The molecular formula is C30H38N2O4. The van der Waals surface area contributed by atoms with Gasteiger partial charge in [-0.25, -0.2) is 4.79 Å².